The van der Waals surface area contributed by atoms with Gasteiger partial charge in [-0.25, -0.2) is 4.79 Å². The predicted octanol–water partition coefficient (Wildman–Crippen LogP) is 12.3. The van der Waals surface area contributed by atoms with Gasteiger partial charge in [-0.15, -0.1) is 0 Å². The summed E-state index contributed by atoms with van der Waals surface area (Å²) in [7, 11) is 0. The van der Waals surface area contributed by atoms with Gasteiger partial charge in [0.15, 0.2) is 12.6 Å². The number of nitrogens with one attached hydrogen (secondary N) is 2. The van der Waals surface area contributed by atoms with Crippen molar-refractivity contribution in [2.24, 2.45) is 0 Å². The van der Waals surface area contributed by atoms with Crippen molar-refractivity contribution in [2.75, 3.05) is 26.4 Å². The zero-order chi connectivity index (χ0) is 77.4. The number of aliphatic hydroxyl groups is 11. The Kier molecular flexibility index (Phi) is 56.7. The van der Waals surface area contributed by atoms with Crippen LogP contribution in [0.15, 0.2) is 24.3 Å². The van der Waals surface area contributed by atoms with Crippen LogP contribution in [0, 0.1) is 0 Å². The molecule has 0 bridgehead atoms. The van der Waals surface area contributed by atoms with E-state index in [2.05, 4.69) is 36.6 Å². The number of aliphatic carboxylic acids is 1. The SMILES string of the molecule is CCCCCCCCCCCCCC/C=C\CCCCCCCCCCCCCCCCCCC(=O)NC(COC1OC(CO)C(OC2OC(CO)C(O)C(OC3(C(=O)O)CC(O)C(NC(C)=O)C(C(O)C(O)CO)O3)C2O)C(O)C1O)C(O)/C=C/CCCCCCCCCCCCCCCCCCCC. The van der Waals surface area contributed by atoms with Gasteiger partial charge in [0.05, 0.1) is 50.7 Å². The zero-order valence-corrected chi connectivity index (χ0v) is 66.1. The van der Waals surface area contributed by atoms with Crippen molar-refractivity contribution in [3.8, 4) is 0 Å². The lowest BCUT2D eigenvalue weighted by molar-refractivity contribution is -0.386. The molecule has 3 aliphatic heterocycles. The fraction of sp³-hybridized carbons (Fsp3) is 0.916. The van der Waals surface area contributed by atoms with Crippen LogP contribution < -0.4 is 10.6 Å². The van der Waals surface area contributed by atoms with Gasteiger partial charge in [0.2, 0.25) is 11.8 Å². The van der Waals surface area contributed by atoms with Gasteiger partial charge in [0.25, 0.3) is 5.79 Å². The number of ether oxygens (including phenoxy) is 6. The Morgan fingerprint density at radius 3 is 1.28 bits per heavy atom. The van der Waals surface area contributed by atoms with Gasteiger partial charge in [-0.05, 0) is 44.9 Å². The lowest BCUT2D eigenvalue weighted by atomic mass is 9.88. The molecule has 3 fully saturated rings. The third-order valence-electron chi connectivity index (χ3n) is 21.6. The van der Waals surface area contributed by atoms with Gasteiger partial charge in [-0.1, -0.05) is 308 Å². The van der Waals surface area contributed by atoms with E-state index in [1.807, 2.05) is 6.08 Å². The van der Waals surface area contributed by atoms with Crippen LogP contribution in [0.4, 0.5) is 0 Å². The van der Waals surface area contributed by atoms with Gasteiger partial charge in [-0.2, -0.15) is 0 Å². The Morgan fingerprint density at radius 1 is 0.491 bits per heavy atom. The molecule has 0 aromatic rings. The third kappa shape index (κ3) is 41.1. The first-order valence-corrected chi connectivity index (χ1v) is 42.7. The molecule has 0 aromatic carbocycles. The Hall–Kier alpha value is -2.79. The van der Waals surface area contributed by atoms with E-state index in [1.54, 1.807) is 6.08 Å². The monoisotopic (exact) mass is 1520 g/mol. The molecule has 0 aliphatic carbocycles. The summed E-state index contributed by atoms with van der Waals surface area (Å²) in [5, 5.41) is 137. The first-order chi connectivity index (χ1) is 51.4. The standard InChI is InChI=1S/C83H154N2O21/c1-4-6-8-10-12-14-16-18-20-22-24-26-27-28-29-30-31-32-33-34-35-36-37-39-41-43-45-47-49-51-53-55-57-70(93)85-64(65(90)56-54-52-50-48-46-44-42-40-38-25-23-21-19-17-15-13-11-9-7-5-2)62-101-80-75(97)74(96)77(69(61-88)103-80)104-81-76(98)79(73(95)68(60-87)102-81)106-83(82(99)100)58-66(91)71(84-63(3)89)78(105-83)72(94)67(92)59-86/h28-29,54,56,64-69,71-81,86-88,90-92,94-98H,4-27,30-53,55,57-62H2,1-3H3,(H,84,89)(H,85,93)(H,99,100)/b29-28-,56-54+. The number of carboxylic acid groups (broad SMARTS) is 1. The maximum Gasteiger partial charge on any atom is 0.364 e. The highest BCUT2D eigenvalue weighted by Crippen LogP contribution is 2.39. The van der Waals surface area contributed by atoms with Crippen molar-refractivity contribution in [2.45, 2.75) is 458 Å². The van der Waals surface area contributed by atoms with E-state index in [1.165, 1.54) is 257 Å². The Balaban J connectivity index is 1.47. The zero-order valence-electron chi connectivity index (χ0n) is 66.1. The van der Waals surface area contributed by atoms with E-state index in [4.69, 9.17) is 28.4 Å². The average Bonchev–Trinajstić information content (AvgIpc) is 0.754. The van der Waals surface area contributed by atoms with Crippen molar-refractivity contribution < 1.29 is 104 Å². The number of unbranched alkanes of at least 4 members (excludes halogenated alkanes) is 46. The Labute approximate surface area is 638 Å². The van der Waals surface area contributed by atoms with E-state index in [9.17, 15) is 75.7 Å². The summed E-state index contributed by atoms with van der Waals surface area (Å²) >= 11 is 0. The highest BCUT2D eigenvalue weighted by atomic mass is 16.8. The normalized spacial score (nSPS) is 26.2. The third-order valence-corrected chi connectivity index (χ3v) is 21.6. The largest absolute Gasteiger partial charge is 0.477 e. The van der Waals surface area contributed by atoms with Crippen molar-refractivity contribution in [3.05, 3.63) is 24.3 Å². The van der Waals surface area contributed by atoms with E-state index in [-0.39, 0.29) is 12.3 Å². The molecule has 0 radical (unpaired) electrons. The smallest absolute Gasteiger partial charge is 0.364 e. The molecule has 18 unspecified atom stereocenters. The molecule has 14 N–H and O–H groups in total. The van der Waals surface area contributed by atoms with E-state index < -0.39 is 155 Å². The number of allylic oxidation sites excluding steroid dienone is 3. The second kappa shape index (κ2) is 61.8. The van der Waals surface area contributed by atoms with E-state index in [0.29, 0.717) is 12.8 Å². The summed E-state index contributed by atoms with van der Waals surface area (Å²) in [4.78, 5) is 38.7. The van der Waals surface area contributed by atoms with Crippen LogP contribution in [0.5, 0.6) is 0 Å². The van der Waals surface area contributed by atoms with Crippen LogP contribution in [0.25, 0.3) is 0 Å². The molecule has 23 heteroatoms. The number of hydrogen-bond acceptors (Lipinski definition) is 20. The molecule has 622 valence electrons. The minimum absolute atomic E-state index is 0.203. The van der Waals surface area contributed by atoms with Crippen LogP contribution >= 0.6 is 0 Å². The fourth-order valence-electron chi connectivity index (χ4n) is 14.9. The van der Waals surface area contributed by atoms with Crippen LogP contribution in [-0.2, 0) is 42.8 Å². The highest BCUT2D eigenvalue weighted by molar-refractivity contribution is 5.77. The van der Waals surface area contributed by atoms with E-state index >= 15 is 0 Å². The summed E-state index contributed by atoms with van der Waals surface area (Å²) in [6.45, 7) is 2.20. The van der Waals surface area contributed by atoms with Crippen LogP contribution in [-0.4, -0.2) is 215 Å². The van der Waals surface area contributed by atoms with Gasteiger partial charge in [-0.3, -0.25) is 9.59 Å². The molecule has 0 spiro atoms. The number of carbonyl (C=O) groups is 3. The summed E-state index contributed by atoms with van der Waals surface area (Å²) in [5.74, 6) is -6.13. The molecule has 3 saturated heterocycles. The maximum absolute atomic E-state index is 13.6. The Bertz CT molecular complexity index is 2200. The number of carbonyl (C=O) groups excluding carboxylic acids is 2. The van der Waals surface area contributed by atoms with Crippen LogP contribution in [0.2, 0.25) is 0 Å². The molecule has 3 rings (SSSR count). The van der Waals surface area contributed by atoms with Crippen molar-refractivity contribution in [1.82, 2.24) is 10.6 Å². The molecular weight excluding hydrogens is 1360 g/mol. The van der Waals surface area contributed by atoms with Gasteiger partial charge < -0.3 is 100 Å². The first-order valence-electron chi connectivity index (χ1n) is 42.7. The lowest BCUT2D eigenvalue weighted by Gasteiger charge is -2.50. The average molecular weight is 1520 g/mol. The molecule has 106 heavy (non-hydrogen) atoms. The fourth-order valence-corrected chi connectivity index (χ4v) is 14.9. The Morgan fingerprint density at radius 2 is 0.887 bits per heavy atom. The van der Waals surface area contributed by atoms with Crippen molar-refractivity contribution >= 4 is 17.8 Å². The molecule has 18 atom stereocenters. The molecule has 0 saturated carbocycles. The first kappa shape index (κ1) is 97.4. The van der Waals surface area contributed by atoms with Gasteiger partial charge in [0.1, 0.15) is 67.1 Å². The van der Waals surface area contributed by atoms with Crippen molar-refractivity contribution in [3.63, 3.8) is 0 Å². The number of hydrogen-bond donors (Lipinski definition) is 14. The number of carboxylic acids is 1. The highest BCUT2D eigenvalue weighted by Gasteiger charge is 2.60. The van der Waals surface area contributed by atoms with E-state index in [0.717, 1.165) is 51.9 Å². The quantitative estimate of drug-likeness (QED) is 0.0199. The molecule has 3 aliphatic rings. The maximum atomic E-state index is 13.6. The lowest BCUT2D eigenvalue weighted by Crippen LogP contribution is -2.70. The summed E-state index contributed by atoms with van der Waals surface area (Å²) < 4.78 is 34.9. The van der Waals surface area contributed by atoms with Crippen molar-refractivity contribution in [1.29, 1.82) is 0 Å². The second-order valence-electron chi connectivity index (χ2n) is 31.0. The summed E-state index contributed by atoms with van der Waals surface area (Å²) in [5.41, 5.74) is 0. The molecular formula is C83H154N2O21. The molecule has 23 nitrogen and oxygen atoms in total. The summed E-state index contributed by atoms with van der Waals surface area (Å²) in [6.07, 6.45) is 40.8. The molecule has 2 amide bonds. The number of aliphatic hydroxyl groups excluding tert-OH is 11. The number of rotatable bonds is 68. The van der Waals surface area contributed by atoms with Gasteiger partial charge in [0, 0.05) is 19.8 Å². The second-order valence-corrected chi connectivity index (χ2v) is 31.0. The van der Waals surface area contributed by atoms with Crippen LogP contribution in [0.1, 0.15) is 348 Å². The minimum atomic E-state index is -3.08. The van der Waals surface area contributed by atoms with Gasteiger partial charge >= 0.3 is 5.97 Å². The topological polar surface area (TPSA) is 373 Å². The minimum Gasteiger partial charge on any atom is -0.477 e. The summed E-state index contributed by atoms with van der Waals surface area (Å²) in [6, 6.07) is -2.62. The number of amides is 2. The predicted molar refractivity (Wildman–Crippen MR) is 412 cm³/mol. The van der Waals surface area contributed by atoms with Crippen LogP contribution in [0.3, 0.4) is 0 Å². The molecule has 0 aromatic heterocycles. The molecule has 3 heterocycles.